The Bertz CT molecular complexity index is 756. The number of nitrogens with one attached hydrogen (secondary N) is 1. The Labute approximate surface area is 115 Å². The summed E-state index contributed by atoms with van der Waals surface area (Å²) in [7, 11) is 3.77. The third-order valence-corrected chi connectivity index (χ3v) is 4.31. The fraction of sp³-hybridized carbons (Fsp3) is 0.308. The molecule has 98 valence electrons. The van der Waals surface area contributed by atoms with Gasteiger partial charge in [-0.2, -0.15) is 5.10 Å². The van der Waals surface area contributed by atoms with Crippen LogP contribution in [0.5, 0.6) is 0 Å². The molecule has 5 nitrogen and oxygen atoms in total. The van der Waals surface area contributed by atoms with Crippen molar-refractivity contribution >= 4 is 27.4 Å². The van der Waals surface area contributed by atoms with Gasteiger partial charge in [0, 0.05) is 25.2 Å². The average molecular weight is 273 g/mol. The Morgan fingerprint density at radius 2 is 2.05 bits per heavy atom. The number of aromatic nitrogens is 4. The van der Waals surface area contributed by atoms with Gasteiger partial charge in [0.25, 0.3) is 0 Å². The van der Waals surface area contributed by atoms with Crippen LogP contribution < -0.4 is 5.32 Å². The van der Waals surface area contributed by atoms with Gasteiger partial charge in [0.15, 0.2) is 5.82 Å². The van der Waals surface area contributed by atoms with E-state index in [1.807, 2.05) is 26.4 Å². The van der Waals surface area contributed by atoms with Gasteiger partial charge in [-0.25, -0.2) is 9.97 Å². The van der Waals surface area contributed by atoms with Crippen molar-refractivity contribution in [2.75, 3.05) is 12.4 Å². The molecule has 3 heterocycles. The van der Waals surface area contributed by atoms with Gasteiger partial charge >= 0.3 is 0 Å². The maximum atomic E-state index is 4.64. The minimum absolute atomic E-state index is 0.665. The van der Waals surface area contributed by atoms with Crippen molar-refractivity contribution < 1.29 is 0 Å². The summed E-state index contributed by atoms with van der Waals surface area (Å²) in [5, 5.41) is 8.64. The topological polar surface area (TPSA) is 55.6 Å². The summed E-state index contributed by atoms with van der Waals surface area (Å²) in [4.78, 5) is 11.5. The first-order valence-corrected chi connectivity index (χ1v) is 6.87. The number of rotatable bonds is 2. The Hall–Kier alpha value is -1.95. The molecule has 0 atom stereocenters. The van der Waals surface area contributed by atoms with E-state index < -0.39 is 0 Å². The van der Waals surface area contributed by atoms with E-state index >= 15 is 0 Å². The lowest BCUT2D eigenvalue weighted by Crippen LogP contribution is -1.99. The molecule has 0 aliphatic heterocycles. The zero-order valence-corrected chi connectivity index (χ0v) is 12.2. The largest absolute Gasteiger partial charge is 0.372 e. The van der Waals surface area contributed by atoms with E-state index in [9.17, 15) is 0 Å². The van der Waals surface area contributed by atoms with Gasteiger partial charge in [0.2, 0.25) is 0 Å². The van der Waals surface area contributed by atoms with Gasteiger partial charge in [0.1, 0.15) is 16.3 Å². The predicted octanol–water partition coefficient (Wildman–Crippen LogP) is 2.75. The van der Waals surface area contributed by atoms with Crippen molar-refractivity contribution in [1.29, 1.82) is 0 Å². The van der Waals surface area contributed by atoms with Crippen molar-refractivity contribution in [1.82, 2.24) is 19.7 Å². The van der Waals surface area contributed by atoms with Crippen LogP contribution in [0.3, 0.4) is 0 Å². The lowest BCUT2D eigenvalue weighted by molar-refractivity contribution is 0.769. The van der Waals surface area contributed by atoms with Crippen molar-refractivity contribution in [2.24, 2.45) is 7.05 Å². The number of aryl methyl sites for hydroxylation is 3. The van der Waals surface area contributed by atoms with Crippen molar-refractivity contribution in [3.8, 4) is 11.5 Å². The zero-order chi connectivity index (χ0) is 13.6. The van der Waals surface area contributed by atoms with Gasteiger partial charge in [-0.15, -0.1) is 11.3 Å². The molecule has 0 unspecified atom stereocenters. The van der Waals surface area contributed by atoms with Gasteiger partial charge in [-0.3, -0.25) is 4.68 Å². The van der Waals surface area contributed by atoms with E-state index in [4.69, 9.17) is 0 Å². The number of nitrogens with zero attached hydrogens (tertiary/aromatic N) is 4. The van der Waals surface area contributed by atoms with Crippen LogP contribution in [0.2, 0.25) is 0 Å². The number of thiophene rings is 1. The van der Waals surface area contributed by atoms with E-state index in [2.05, 4.69) is 34.2 Å². The molecule has 0 radical (unpaired) electrons. The highest BCUT2D eigenvalue weighted by Crippen LogP contribution is 2.34. The zero-order valence-electron chi connectivity index (χ0n) is 11.4. The molecular formula is C13H15N5S. The summed E-state index contributed by atoms with van der Waals surface area (Å²) < 4.78 is 1.76. The highest BCUT2D eigenvalue weighted by Gasteiger charge is 2.15. The number of hydrogen-bond donors (Lipinski definition) is 1. The first kappa shape index (κ1) is 12.1. The van der Waals surface area contributed by atoms with E-state index in [1.54, 1.807) is 16.0 Å². The molecule has 0 spiro atoms. The van der Waals surface area contributed by atoms with Crippen LogP contribution in [0.25, 0.3) is 21.7 Å². The maximum absolute atomic E-state index is 4.64. The van der Waals surface area contributed by atoms with Crippen LogP contribution in [0.15, 0.2) is 12.3 Å². The fourth-order valence-electron chi connectivity index (χ4n) is 2.08. The molecular weight excluding hydrogens is 258 g/mol. The van der Waals surface area contributed by atoms with Crippen LogP contribution in [-0.4, -0.2) is 26.8 Å². The molecule has 0 saturated carbocycles. The van der Waals surface area contributed by atoms with Crippen molar-refractivity contribution in [2.45, 2.75) is 13.8 Å². The minimum Gasteiger partial charge on any atom is -0.372 e. The van der Waals surface area contributed by atoms with Crippen molar-refractivity contribution in [3.63, 3.8) is 0 Å². The Morgan fingerprint density at radius 1 is 1.26 bits per heavy atom. The molecule has 0 bridgehead atoms. The lowest BCUT2D eigenvalue weighted by atomic mass is 10.2. The molecule has 6 heteroatoms. The summed E-state index contributed by atoms with van der Waals surface area (Å²) in [6.45, 7) is 4.22. The third kappa shape index (κ3) is 1.88. The van der Waals surface area contributed by atoms with Crippen molar-refractivity contribution in [3.05, 3.63) is 22.7 Å². The molecule has 3 aromatic heterocycles. The molecule has 19 heavy (non-hydrogen) atoms. The lowest BCUT2D eigenvalue weighted by Gasteiger charge is -2.04. The molecule has 0 amide bonds. The van der Waals surface area contributed by atoms with Gasteiger partial charge in [-0.05, 0) is 25.5 Å². The molecule has 0 saturated heterocycles. The Morgan fingerprint density at radius 3 is 2.68 bits per heavy atom. The SMILES string of the molecule is CNc1nc(-c2ccn(C)n2)nc2sc(C)c(C)c12. The fourth-order valence-corrected chi connectivity index (χ4v) is 3.11. The first-order chi connectivity index (χ1) is 9.10. The van der Waals surface area contributed by atoms with Crippen LogP contribution in [0.1, 0.15) is 10.4 Å². The van der Waals surface area contributed by atoms with E-state index in [0.717, 1.165) is 21.7 Å². The van der Waals surface area contributed by atoms with Crippen LogP contribution in [-0.2, 0) is 7.05 Å². The number of anilines is 1. The van der Waals surface area contributed by atoms with Crippen LogP contribution in [0.4, 0.5) is 5.82 Å². The average Bonchev–Trinajstić information content (AvgIpc) is 2.94. The molecule has 3 rings (SSSR count). The van der Waals surface area contributed by atoms with E-state index in [-0.39, 0.29) is 0 Å². The molecule has 0 fully saturated rings. The second-order valence-electron chi connectivity index (χ2n) is 4.48. The summed E-state index contributed by atoms with van der Waals surface area (Å²) >= 11 is 1.70. The smallest absolute Gasteiger partial charge is 0.183 e. The van der Waals surface area contributed by atoms with E-state index in [0.29, 0.717) is 5.82 Å². The number of hydrogen-bond acceptors (Lipinski definition) is 5. The second-order valence-corrected chi connectivity index (χ2v) is 5.69. The highest BCUT2D eigenvalue weighted by atomic mass is 32.1. The molecule has 0 aromatic carbocycles. The Kier molecular flexibility index (Phi) is 2.74. The minimum atomic E-state index is 0.665. The quantitative estimate of drug-likeness (QED) is 0.780. The summed E-state index contributed by atoms with van der Waals surface area (Å²) in [5.41, 5.74) is 2.04. The summed E-state index contributed by atoms with van der Waals surface area (Å²) in [5.74, 6) is 1.53. The molecule has 1 N–H and O–H groups in total. The predicted molar refractivity (Wildman–Crippen MR) is 78.6 cm³/mol. The second kappa shape index (κ2) is 4.31. The molecule has 0 aliphatic carbocycles. The summed E-state index contributed by atoms with van der Waals surface area (Å²) in [6, 6.07) is 1.92. The number of fused-ring (bicyclic) bond motifs is 1. The van der Waals surface area contributed by atoms with Gasteiger partial charge < -0.3 is 5.32 Å². The highest BCUT2D eigenvalue weighted by molar-refractivity contribution is 7.18. The standard InChI is InChI=1S/C13H15N5S/c1-7-8(2)19-13-10(7)12(14-3)15-11(16-13)9-5-6-18(4)17-9/h5-6H,1-4H3,(H,14,15,16). The van der Waals surface area contributed by atoms with Gasteiger partial charge in [-0.1, -0.05) is 0 Å². The van der Waals surface area contributed by atoms with Crippen LogP contribution >= 0.6 is 11.3 Å². The monoisotopic (exact) mass is 273 g/mol. The maximum Gasteiger partial charge on any atom is 0.183 e. The third-order valence-electron chi connectivity index (χ3n) is 3.21. The van der Waals surface area contributed by atoms with E-state index in [1.165, 1.54) is 10.4 Å². The molecule has 0 aliphatic rings. The van der Waals surface area contributed by atoms with Gasteiger partial charge in [0.05, 0.1) is 5.39 Å². The van der Waals surface area contributed by atoms with Crippen LogP contribution in [0, 0.1) is 13.8 Å². The summed E-state index contributed by atoms with van der Waals surface area (Å²) in [6.07, 6.45) is 1.90. The first-order valence-electron chi connectivity index (χ1n) is 6.05. The normalized spacial score (nSPS) is 11.2. The Balaban J connectivity index is 2.28. The molecule has 3 aromatic rings.